The Bertz CT molecular complexity index is 948. The van der Waals surface area contributed by atoms with Gasteiger partial charge in [0, 0.05) is 10.8 Å². The van der Waals surface area contributed by atoms with E-state index in [2.05, 4.69) is 9.97 Å². The molecule has 1 aromatic carbocycles. The van der Waals surface area contributed by atoms with Crippen molar-refractivity contribution in [1.82, 2.24) is 14.9 Å². The lowest BCUT2D eigenvalue weighted by Gasteiger charge is -2.52. The van der Waals surface area contributed by atoms with E-state index in [0.717, 1.165) is 5.69 Å². The normalized spacial score (nSPS) is 28.3. The first-order valence-corrected chi connectivity index (χ1v) is 9.99. The van der Waals surface area contributed by atoms with Crippen LogP contribution in [-0.2, 0) is 12.0 Å². The number of amides is 2. The zero-order valence-corrected chi connectivity index (χ0v) is 15.9. The van der Waals surface area contributed by atoms with Crippen LogP contribution in [0, 0.1) is 5.41 Å². The van der Waals surface area contributed by atoms with Crippen molar-refractivity contribution in [2.24, 2.45) is 5.41 Å². The number of rotatable bonds is 4. The largest absolute Gasteiger partial charge is 0.269 e. The fourth-order valence-corrected chi connectivity index (χ4v) is 5.25. The average Bonchev–Trinajstić information content (AvgIpc) is 3.00. The SMILES string of the molecule is O=C1c2ccccc2C(=O)N1Cc1cc(C23CCC(C(F)F)(CC2)CC3)ncn1. The molecule has 2 heterocycles. The summed E-state index contributed by atoms with van der Waals surface area (Å²) in [6.07, 6.45) is 2.83. The molecular formula is C22H21F2N3O2. The maximum Gasteiger partial charge on any atom is 0.261 e. The van der Waals surface area contributed by atoms with Crippen LogP contribution in [0.1, 0.15) is 70.6 Å². The van der Waals surface area contributed by atoms with Crippen molar-refractivity contribution in [3.05, 3.63) is 59.2 Å². The third kappa shape index (κ3) is 2.70. The highest BCUT2D eigenvalue weighted by molar-refractivity contribution is 6.21. The zero-order valence-electron chi connectivity index (χ0n) is 15.9. The van der Waals surface area contributed by atoms with Gasteiger partial charge in [0.15, 0.2) is 0 Å². The third-order valence-corrected chi connectivity index (χ3v) is 7.23. The van der Waals surface area contributed by atoms with Gasteiger partial charge in [-0.3, -0.25) is 14.5 Å². The fourth-order valence-electron chi connectivity index (χ4n) is 5.25. The summed E-state index contributed by atoms with van der Waals surface area (Å²) < 4.78 is 27.0. The number of hydrogen-bond donors (Lipinski definition) is 0. The molecule has 6 rings (SSSR count). The standard InChI is InChI=1S/C22H21F2N3O2/c23-20(24)22-8-5-21(6-9-22,7-10-22)17-11-14(25-13-26-17)12-27-18(28)15-3-1-2-4-16(15)19(27)29/h1-4,11,13,20H,5-10,12H2. The quantitative estimate of drug-likeness (QED) is 0.728. The molecule has 1 aromatic heterocycles. The van der Waals surface area contributed by atoms with Gasteiger partial charge >= 0.3 is 0 Å². The van der Waals surface area contributed by atoms with Crippen LogP contribution in [0.25, 0.3) is 0 Å². The van der Waals surface area contributed by atoms with Crippen molar-refractivity contribution >= 4 is 11.8 Å². The maximum absolute atomic E-state index is 13.5. The predicted molar refractivity (Wildman–Crippen MR) is 100 cm³/mol. The minimum Gasteiger partial charge on any atom is -0.269 e. The Morgan fingerprint density at radius 3 is 2.07 bits per heavy atom. The van der Waals surface area contributed by atoms with Gasteiger partial charge in [-0.05, 0) is 56.7 Å². The van der Waals surface area contributed by atoms with Crippen molar-refractivity contribution in [2.45, 2.75) is 56.9 Å². The highest BCUT2D eigenvalue weighted by atomic mass is 19.3. The Morgan fingerprint density at radius 2 is 1.52 bits per heavy atom. The number of carbonyl (C=O) groups is 2. The number of halogens is 2. The average molecular weight is 397 g/mol. The summed E-state index contributed by atoms with van der Waals surface area (Å²) in [7, 11) is 0. The molecule has 4 aliphatic rings. The number of carbonyl (C=O) groups excluding carboxylic acids is 2. The molecule has 2 amide bonds. The molecule has 1 aliphatic heterocycles. The van der Waals surface area contributed by atoms with Gasteiger partial charge in [0.05, 0.1) is 29.1 Å². The van der Waals surface area contributed by atoms with Crippen LogP contribution >= 0.6 is 0 Å². The van der Waals surface area contributed by atoms with Gasteiger partial charge in [0.1, 0.15) is 6.33 Å². The monoisotopic (exact) mass is 397 g/mol. The van der Waals surface area contributed by atoms with Crippen molar-refractivity contribution in [3.63, 3.8) is 0 Å². The number of benzene rings is 1. The lowest BCUT2D eigenvalue weighted by molar-refractivity contribution is -0.0852. The minimum atomic E-state index is -2.27. The maximum atomic E-state index is 13.5. The first kappa shape index (κ1) is 18.3. The summed E-state index contributed by atoms with van der Waals surface area (Å²) in [5.41, 5.74) is 1.24. The summed E-state index contributed by atoms with van der Waals surface area (Å²) in [5.74, 6) is -0.637. The van der Waals surface area contributed by atoms with Crippen LogP contribution in [0.4, 0.5) is 8.78 Å². The van der Waals surface area contributed by atoms with E-state index in [0.29, 0.717) is 55.3 Å². The van der Waals surface area contributed by atoms with E-state index >= 15 is 0 Å². The molecular weight excluding hydrogens is 376 g/mol. The first-order chi connectivity index (χ1) is 13.9. The number of fused-ring (bicyclic) bond motifs is 4. The van der Waals surface area contributed by atoms with E-state index in [1.54, 1.807) is 24.3 Å². The Balaban J connectivity index is 1.38. The molecule has 7 heteroatoms. The number of aromatic nitrogens is 2. The summed E-state index contributed by atoms with van der Waals surface area (Å²) in [5, 5.41) is 0. The van der Waals surface area contributed by atoms with Crippen LogP contribution in [0.2, 0.25) is 0 Å². The molecule has 2 bridgehead atoms. The second-order valence-corrected chi connectivity index (χ2v) is 8.58. The van der Waals surface area contributed by atoms with Gasteiger partial charge in [-0.15, -0.1) is 0 Å². The summed E-state index contributed by atoms with van der Waals surface area (Å²) >= 11 is 0. The highest BCUT2D eigenvalue weighted by Gasteiger charge is 2.54. The van der Waals surface area contributed by atoms with Crippen LogP contribution < -0.4 is 0 Å². The van der Waals surface area contributed by atoms with Crippen LogP contribution in [0.5, 0.6) is 0 Å². The second-order valence-electron chi connectivity index (χ2n) is 8.58. The topological polar surface area (TPSA) is 63.2 Å². The van der Waals surface area contributed by atoms with Gasteiger partial charge in [0.25, 0.3) is 11.8 Å². The highest BCUT2D eigenvalue weighted by Crippen LogP contribution is 2.59. The van der Waals surface area contributed by atoms with Crippen LogP contribution in [0.3, 0.4) is 0 Å². The Hall–Kier alpha value is -2.70. The molecule has 29 heavy (non-hydrogen) atoms. The van der Waals surface area contributed by atoms with E-state index in [9.17, 15) is 18.4 Å². The lowest BCUT2D eigenvalue weighted by Crippen LogP contribution is -2.47. The van der Waals surface area contributed by atoms with Crippen LogP contribution in [0.15, 0.2) is 36.7 Å². The Morgan fingerprint density at radius 1 is 0.931 bits per heavy atom. The van der Waals surface area contributed by atoms with Crippen molar-refractivity contribution in [3.8, 4) is 0 Å². The number of imide groups is 1. The van der Waals surface area contributed by atoms with Crippen molar-refractivity contribution < 1.29 is 18.4 Å². The fraction of sp³-hybridized carbons (Fsp3) is 0.455. The number of nitrogens with zero attached hydrogens (tertiary/aromatic N) is 3. The molecule has 150 valence electrons. The summed E-state index contributed by atoms with van der Waals surface area (Å²) in [4.78, 5) is 35.2. The molecule has 0 spiro atoms. The second kappa shape index (κ2) is 6.40. The van der Waals surface area contributed by atoms with Crippen molar-refractivity contribution in [1.29, 1.82) is 0 Å². The summed E-state index contributed by atoms with van der Waals surface area (Å²) in [6, 6.07) is 8.63. The molecule has 2 aromatic rings. The molecule has 0 atom stereocenters. The van der Waals surface area contributed by atoms with Gasteiger partial charge in [-0.2, -0.15) is 0 Å². The molecule has 0 radical (unpaired) electrons. The minimum absolute atomic E-state index is 0.0823. The van der Waals surface area contributed by atoms with Crippen LogP contribution in [-0.4, -0.2) is 33.1 Å². The molecule has 3 fully saturated rings. The molecule has 0 N–H and O–H groups in total. The van der Waals surface area contributed by atoms with E-state index in [4.69, 9.17) is 0 Å². The van der Waals surface area contributed by atoms with Gasteiger partial charge < -0.3 is 0 Å². The predicted octanol–water partition coefficient (Wildman–Crippen LogP) is 4.13. The van der Waals surface area contributed by atoms with E-state index < -0.39 is 11.8 Å². The Kier molecular flexibility index (Phi) is 4.05. The van der Waals surface area contributed by atoms with E-state index in [1.807, 2.05) is 6.07 Å². The van der Waals surface area contributed by atoms with Gasteiger partial charge in [0.2, 0.25) is 6.43 Å². The Labute approximate surface area is 167 Å². The molecule has 0 saturated heterocycles. The molecule has 3 saturated carbocycles. The van der Waals surface area contributed by atoms with Crippen molar-refractivity contribution in [2.75, 3.05) is 0 Å². The van der Waals surface area contributed by atoms with Gasteiger partial charge in [-0.25, -0.2) is 18.7 Å². The van der Waals surface area contributed by atoms with E-state index in [-0.39, 0.29) is 23.8 Å². The third-order valence-electron chi connectivity index (χ3n) is 7.23. The zero-order chi connectivity index (χ0) is 20.2. The molecule has 0 unspecified atom stereocenters. The first-order valence-electron chi connectivity index (χ1n) is 9.99. The molecule has 5 nitrogen and oxygen atoms in total. The smallest absolute Gasteiger partial charge is 0.261 e. The molecule has 3 aliphatic carbocycles. The number of hydrogen-bond acceptors (Lipinski definition) is 4. The summed E-state index contributed by atoms with van der Waals surface area (Å²) in [6.45, 7) is 0.0823. The van der Waals surface area contributed by atoms with E-state index in [1.165, 1.54) is 11.2 Å². The lowest BCUT2D eigenvalue weighted by atomic mass is 9.53. The number of alkyl halides is 2. The van der Waals surface area contributed by atoms with Gasteiger partial charge in [-0.1, -0.05) is 12.1 Å².